The molecule has 0 unspecified atom stereocenters. The summed E-state index contributed by atoms with van der Waals surface area (Å²) in [6, 6.07) is 9.06. The van der Waals surface area contributed by atoms with E-state index >= 15 is 0 Å². The Morgan fingerprint density at radius 1 is 1.40 bits per heavy atom. The average Bonchev–Trinajstić information content (AvgIpc) is 2.44. The van der Waals surface area contributed by atoms with Crippen molar-refractivity contribution in [3.63, 3.8) is 0 Å². The lowest BCUT2D eigenvalue weighted by Crippen LogP contribution is -2.32. The zero-order chi connectivity index (χ0) is 14.7. The second-order valence-corrected chi connectivity index (χ2v) is 4.40. The molecule has 0 aliphatic carbocycles. The van der Waals surface area contributed by atoms with Gasteiger partial charge in [-0.05, 0) is 11.5 Å². The molecule has 0 aliphatic heterocycles. The number of anilines is 1. The highest BCUT2D eigenvalue weighted by atomic mass is 19.3. The molecular weight excluding hydrogens is 264 g/mol. The van der Waals surface area contributed by atoms with Gasteiger partial charge in [-0.15, -0.1) is 0 Å². The number of alkyl halides is 2. The summed E-state index contributed by atoms with van der Waals surface area (Å²) in [6.07, 6.45) is -2.56. The second-order valence-electron chi connectivity index (χ2n) is 4.40. The molecular formula is C14H15F2N3O. The monoisotopic (exact) mass is 279 g/mol. The van der Waals surface area contributed by atoms with Gasteiger partial charge in [0.15, 0.2) is 0 Å². The number of hydrogen-bond donors (Lipinski definition) is 1. The lowest BCUT2D eigenvalue weighted by Gasteiger charge is -2.17. The molecule has 6 heteroatoms. The van der Waals surface area contributed by atoms with Crippen LogP contribution < -0.4 is 5.32 Å². The van der Waals surface area contributed by atoms with Crippen LogP contribution in [0.15, 0.2) is 30.3 Å². The lowest BCUT2D eigenvalue weighted by molar-refractivity contribution is 0.0615. The summed E-state index contributed by atoms with van der Waals surface area (Å²) in [5.41, 5.74) is 0.149. The number of nitrogens with one attached hydrogen (secondary N) is 1. The van der Waals surface area contributed by atoms with Crippen LogP contribution in [0.25, 0.3) is 10.8 Å². The highest BCUT2D eigenvalue weighted by molar-refractivity contribution is 6.00. The minimum Gasteiger partial charge on any atom is -0.373 e. The van der Waals surface area contributed by atoms with Crippen LogP contribution in [-0.2, 0) is 0 Å². The summed E-state index contributed by atoms with van der Waals surface area (Å²) in [7, 11) is 3.04. The van der Waals surface area contributed by atoms with Gasteiger partial charge in [-0.1, -0.05) is 24.3 Å². The molecule has 0 atom stereocenters. The van der Waals surface area contributed by atoms with E-state index in [0.29, 0.717) is 5.82 Å². The highest BCUT2D eigenvalue weighted by Gasteiger charge is 2.18. The smallest absolute Gasteiger partial charge is 0.272 e. The molecule has 1 aromatic heterocycles. The number of hydrogen-bond acceptors (Lipinski definition) is 3. The Hall–Kier alpha value is -2.24. The zero-order valence-electron chi connectivity index (χ0n) is 11.2. The fraction of sp³-hybridized carbons (Fsp3) is 0.286. The number of aromatic nitrogens is 1. The third kappa shape index (κ3) is 2.84. The SMILES string of the molecule is CNc1nc(C(=O)N(C)CC(F)F)cc2ccccc12. The number of pyridine rings is 1. The summed E-state index contributed by atoms with van der Waals surface area (Å²) in [5, 5.41) is 4.63. The van der Waals surface area contributed by atoms with Gasteiger partial charge in [-0.2, -0.15) is 0 Å². The molecule has 20 heavy (non-hydrogen) atoms. The van der Waals surface area contributed by atoms with Crippen molar-refractivity contribution in [1.29, 1.82) is 0 Å². The van der Waals surface area contributed by atoms with Gasteiger partial charge in [0.05, 0.1) is 6.54 Å². The van der Waals surface area contributed by atoms with Crippen LogP contribution in [0.5, 0.6) is 0 Å². The van der Waals surface area contributed by atoms with Gasteiger partial charge in [0.1, 0.15) is 11.5 Å². The van der Waals surface area contributed by atoms with Crippen molar-refractivity contribution in [2.24, 2.45) is 0 Å². The topological polar surface area (TPSA) is 45.2 Å². The number of benzene rings is 1. The lowest BCUT2D eigenvalue weighted by atomic mass is 10.1. The fourth-order valence-corrected chi connectivity index (χ4v) is 1.98. The number of fused-ring (bicyclic) bond motifs is 1. The van der Waals surface area contributed by atoms with Crippen LogP contribution in [0.2, 0.25) is 0 Å². The molecule has 0 radical (unpaired) electrons. The zero-order valence-corrected chi connectivity index (χ0v) is 11.2. The third-order valence-electron chi connectivity index (χ3n) is 2.95. The number of nitrogens with zero attached hydrogens (tertiary/aromatic N) is 2. The van der Waals surface area contributed by atoms with Gasteiger partial charge >= 0.3 is 0 Å². The van der Waals surface area contributed by atoms with E-state index in [4.69, 9.17) is 0 Å². The first-order valence-electron chi connectivity index (χ1n) is 6.14. The van der Waals surface area contributed by atoms with E-state index in [1.807, 2.05) is 24.3 Å². The normalized spacial score (nSPS) is 10.8. The van der Waals surface area contributed by atoms with Gasteiger partial charge < -0.3 is 10.2 Å². The fourth-order valence-electron chi connectivity index (χ4n) is 1.98. The average molecular weight is 279 g/mol. The first-order chi connectivity index (χ1) is 9.52. The van der Waals surface area contributed by atoms with Gasteiger partial charge in [0, 0.05) is 19.5 Å². The van der Waals surface area contributed by atoms with E-state index in [-0.39, 0.29) is 5.69 Å². The molecule has 0 fully saturated rings. The standard InChI is InChI=1S/C14H15F2N3O/c1-17-13-10-6-4-3-5-9(10)7-11(18-13)14(20)19(2)8-12(15)16/h3-7,12H,8H2,1-2H3,(H,17,18). The number of halogens is 2. The minimum atomic E-state index is -2.56. The van der Waals surface area contributed by atoms with Crippen molar-refractivity contribution in [3.8, 4) is 0 Å². The first kappa shape index (κ1) is 14.2. The van der Waals surface area contributed by atoms with E-state index in [2.05, 4.69) is 10.3 Å². The van der Waals surface area contributed by atoms with Crippen molar-refractivity contribution in [2.45, 2.75) is 6.43 Å². The van der Waals surface area contributed by atoms with Crippen molar-refractivity contribution in [1.82, 2.24) is 9.88 Å². The molecule has 0 saturated heterocycles. The minimum absolute atomic E-state index is 0.149. The molecule has 2 rings (SSSR count). The van der Waals surface area contributed by atoms with Crippen LogP contribution in [0.3, 0.4) is 0 Å². The van der Waals surface area contributed by atoms with E-state index < -0.39 is 18.9 Å². The van der Waals surface area contributed by atoms with Crippen LogP contribution in [0, 0.1) is 0 Å². The molecule has 1 amide bonds. The van der Waals surface area contributed by atoms with E-state index in [1.54, 1.807) is 13.1 Å². The summed E-state index contributed by atoms with van der Waals surface area (Å²) >= 11 is 0. The van der Waals surface area contributed by atoms with E-state index in [1.165, 1.54) is 7.05 Å². The first-order valence-corrected chi connectivity index (χ1v) is 6.14. The van der Waals surface area contributed by atoms with Gasteiger partial charge in [0.2, 0.25) is 0 Å². The molecule has 1 N–H and O–H groups in total. The Kier molecular flexibility index (Phi) is 4.12. The Labute approximate surface area is 115 Å². The Morgan fingerprint density at radius 3 is 2.75 bits per heavy atom. The molecule has 4 nitrogen and oxygen atoms in total. The van der Waals surface area contributed by atoms with Crippen molar-refractivity contribution < 1.29 is 13.6 Å². The van der Waals surface area contributed by atoms with Crippen molar-refractivity contribution in [2.75, 3.05) is 26.0 Å². The van der Waals surface area contributed by atoms with Crippen LogP contribution in [0.4, 0.5) is 14.6 Å². The number of carbonyl (C=O) groups excluding carboxylic acids is 1. The predicted octanol–water partition coefficient (Wildman–Crippen LogP) is 2.61. The molecule has 0 aliphatic rings. The Bertz CT molecular complexity index is 631. The maximum Gasteiger partial charge on any atom is 0.272 e. The van der Waals surface area contributed by atoms with Crippen molar-refractivity contribution in [3.05, 3.63) is 36.0 Å². The Morgan fingerprint density at radius 2 is 2.10 bits per heavy atom. The number of carbonyl (C=O) groups is 1. The Balaban J connectivity index is 2.42. The number of amides is 1. The highest BCUT2D eigenvalue weighted by Crippen LogP contribution is 2.22. The predicted molar refractivity (Wildman–Crippen MR) is 74.3 cm³/mol. The van der Waals surface area contributed by atoms with Gasteiger partial charge in [-0.3, -0.25) is 4.79 Å². The van der Waals surface area contributed by atoms with Crippen LogP contribution in [-0.4, -0.2) is 42.9 Å². The molecule has 0 spiro atoms. The maximum atomic E-state index is 12.3. The summed E-state index contributed by atoms with van der Waals surface area (Å²) in [5.74, 6) is 0.0319. The molecule has 1 aromatic carbocycles. The number of rotatable bonds is 4. The second kappa shape index (κ2) is 5.81. The summed E-state index contributed by atoms with van der Waals surface area (Å²) in [6.45, 7) is -0.609. The molecule has 106 valence electrons. The summed E-state index contributed by atoms with van der Waals surface area (Å²) in [4.78, 5) is 17.3. The van der Waals surface area contributed by atoms with Gasteiger partial charge in [0.25, 0.3) is 12.3 Å². The molecule has 1 heterocycles. The molecule has 2 aromatic rings. The van der Waals surface area contributed by atoms with Crippen LogP contribution in [0.1, 0.15) is 10.5 Å². The molecule has 0 saturated carbocycles. The van der Waals surface area contributed by atoms with Crippen LogP contribution >= 0.6 is 0 Å². The maximum absolute atomic E-state index is 12.3. The quantitative estimate of drug-likeness (QED) is 0.935. The largest absolute Gasteiger partial charge is 0.373 e. The van der Waals surface area contributed by atoms with E-state index in [9.17, 15) is 13.6 Å². The van der Waals surface area contributed by atoms with E-state index in [0.717, 1.165) is 15.7 Å². The van der Waals surface area contributed by atoms with Crippen molar-refractivity contribution >= 4 is 22.5 Å². The molecule has 0 bridgehead atoms. The summed E-state index contributed by atoms with van der Waals surface area (Å²) < 4.78 is 24.7. The third-order valence-corrected chi connectivity index (χ3v) is 2.95. The van der Waals surface area contributed by atoms with Gasteiger partial charge in [-0.25, -0.2) is 13.8 Å².